The predicted molar refractivity (Wildman–Crippen MR) is 74.5 cm³/mol. The lowest BCUT2D eigenvalue weighted by atomic mass is 9.95. The van der Waals surface area contributed by atoms with Crippen LogP contribution in [0, 0.1) is 0 Å². The van der Waals surface area contributed by atoms with Gasteiger partial charge in [0.05, 0.1) is 0 Å². The number of halogens is 10. The van der Waals surface area contributed by atoms with Gasteiger partial charge in [0.2, 0.25) is 0 Å². The van der Waals surface area contributed by atoms with Gasteiger partial charge in [0.15, 0.2) is 0 Å². The normalized spacial score (nSPS) is 27.2. The Morgan fingerprint density at radius 3 is 1.57 bits per heavy atom. The summed E-state index contributed by atoms with van der Waals surface area (Å²) in [5, 5.41) is 0. The second kappa shape index (κ2) is 6.29. The molecule has 0 aromatic carbocycles. The minimum Gasteiger partial charge on any atom is -0.225 e. The summed E-state index contributed by atoms with van der Waals surface area (Å²) in [4.78, 5) is 0. The highest BCUT2D eigenvalue weighted by molar-refractivity contribution is 14.1. The number of unbranched alkanes of at least 4 members (excludes halogenated alkanes) is 3. The van der Waals surface area contributed by atoms with Crippen molar-refractivity contribution in [3.05, 3.63) is 9.66 Å². The van der Waals surface area contributed by atoms with E-state index < -0.39 is 39.0 Å². The maximum absolute atomic E-state index is 14.1. The van der Waals surface area contributed by atoms with Crippen LogP contribution in [-0.2, 0) is 0 Å². The van der Waals surface area contributed by atoms with Crippen molar-refractivity contribution in [3.63, 3.8) is 0 Å². The number of hydrogen-bond acceptors (Lipinski definition) is 0. The molecule has 1 aliphatic carbocycles. The quantitative estimate of drug-likeness (QED) is 0.236. The Balaban J connectivity index is 3.21. The van der Waals surface area contributed by atoms with Gasteiger partial charge in [-0.2, -0.15) is 35.1 Å². The Bertz CT molecular complexity index is 444. The molecule has 1 fully saturated rings. The molecular formula is C13H14F9I. The van der Waals surface area contributed by atoms with E-state index in [1.54, 1.807) is 0 Å². The minimum absolute atomic E-state index is 0.143. The van der Waals surface area contributed by atoms with Crippen molar-refractivity contribution in [3.8, 4) is 0 Å². The van der Waals surface area contributed by atoms with E-state index in [9.17, 15) is 39.5 Å². The molecule has 0 spiro atoms. The Morgan fingerprint density at radius 2 is 1.17 bits per heavy atom. The molecule has 23 heavy (non-hydrogen) atoms. The zero-order chi connectivity index (χ0) is 18.3. The maximum atomic E-state index is 14.1. The van der Waals surface area contributed by atoms with Gasteiger partial charge < -0.3 is 0 Å². The minimum atomic E-state index is -6.51. The molecule has 1 saturated carbocycles. The Morgan fingerprint density at radius 1 is 0.739 bits per heavy atom. The van der Waals surface area contributed by atoms with Crippen LogP contribution in [0.4, 0.5) is 39.5 Å². The molecule has 0 aromatic heterocycles. The van der Waals surface area contributed by atoms with Crippen molar-refractivity contribution >= 4 is 22.6 Å². The average molecular weight is 468 g/mol. The van der Waals surface area contributed by atoms with E-state index in [0.717, 1.165) is 12.8 Å². The van der Waals surface area contributed by atoms with Crippen LogP contribution < -0.4 is 0 Å². The first-order chi connectivity index (χ1) is 10.2. The van der Waals surface area contributed by atoms with Crippen LogP contribution in [0.5, 0.6) is 0 Å². The summed E-state index contributed by atoms with van der Waals surface area (Å²) in [6.07, 6.45) is 1.82. The molecule has 136 valence electrons. The van der Waals surface area contributed by atoms with Crippen LogP contribution in [0.2, 0.25) is 0 Å². The van der Waals surface area contributed by atoms with Crippen LogP contribution in [0.3, 0.4) is 0 Å². The molecule has 0 heterocycles. The van der Waals surface area contributed by atoms with E-state index in [4.69, 9.17) is 0 Å². The molecule has 0 nitrogen and oxygen atoms in total. The molecule has 0 amide bonds. The molecule has 0 aromatic rings. The van der Waals surface area contributed by atoms with Crippen molar-refractivity contribution in [2.45, 2.75) is 68.4 Å². The first-order valence-electron chi connectivity index (χ1n) is 6.78. The molecule has 10 heteroatoms. The summed E-state index contributed by atoms with van der Waals surface area (Å²) in [5.41, 5.74) is -5.46. The van der Waals surface area contributed by atoms with Crippen molar-refractivity contribution < 1.29 is 39.5 Å². The topological polar surface area (TPSA) is 0 Å². The Kier molecular flexibility index (Phi) is 5.71. The lowest BCUT2D eigenvalue weighted by molar-refractivity contribution is -0.303. The molecule has 0 unspecified atom stereocenters. The second-order valence-electron chi connectivity index (χ2n) is 5.41. The highest BCUT2D eigenvalue weighted by atomic mass is 127. The van der Waals surface area contributed by atoms with Crippen molar-refractivity contribution in [1.29, 1.82) is 0 Å². The first kappa shape index (κ1) is 20.9. The van der Waals surface area contributed by atoms with Crippen LogP contribution in [0.1, 0.15) is 39.0 Å². The molecule has 0 saturated heterocycles. The van der Waals surface area contributed by atoms with Crippen molar-refractivity contribution in [1.82, 2.24) is 0 Å². The number of hydrogen-bond donors (Lipinski definition) is 0. The summed E-state index contributed by atoms with van der Waals surface area (Å²) >= 11 is 1.21. The van der Waals surface area contributed by atoms with Gasteiger partial charge in [-0.1, -0.05) is 26.2 Å². The third-order valence-electron chi connectivity index (χ3n) is 3.72. The molecule has 1 rings (SSSR count). The molecule has 0 bridgehead atoms. The van der Waals surface area contributed by atoms with Gasteiger partial charge in [-0.3, -0.25) is 0 Å². The molecule has 1 aliphatic rings. The molecular weight excluding hydrogens is 454 g/mol. The van der Waals surface area contributed by atoms with E-state index in [1.807, 2.05) is 6.92 Å². The Hall–Kier alpha value is -0.160. The molecule has 0 radical (unpaired) electrons. The Labute approximate surface area is 140 Å². The van der Waals surface area contributed by atoms with Gasteiger partial charge in [0, 0.05) is 0 Å². The zero-order valence-electron chi connectivity index (χ0n) is 11.9. The predicted octanol–water partition coefficient (Wildman–Crippen LogP) is 6.54. The lowest BCUT2D eigenvalue weighted by Crippen LogP contribution is -2.53. The van der Waals surface area contributed by atoms with E-state index in [-0.39, 0.29) is 6.42 Å². The van der Waals surface area contributed by atoms with Crippen LogP contribution in [-0.4, -0.2) is 29.4 Å². The lowest BCUT2D eigenvalue weighted by Gasteiger charge is -2.28. The first-order valence-corrected chi connectivity index (χ1v) is 7.86. The largest absolute Gasteiger partial charge is 0.382 e. The molecule has 0 atom stereocenters. The fraction of sp³-hybridized carbons (Fsp3) is 0.846. The van der Waals surface area contributed by atoms with Gasteiger partial charge in [0.1, 0.15) is 0 Å². The number of allylic oxidation sites excluding steroid dienone is 2. The summed E-state index contributed by atoms with van der Waals surface area (Å²) in [6.45, 7) is 1.86. The van der Waals surface area contributed by atoms with E-state index >= 15 is 0 Å². The SMILES string of the molecule is CCCCCCC(I)=CC1(F)C(F)(F)C(F)(F)C(F)(F)C1(F)F. The van der Waals surface area contributed by atoms with Gasteiger partial charge in [-0.15, -0.1) is 0 Å². The molecule has 0 N–H and O–H groups in total. The fourth-order valence-electron chi connectivity index (χ4n) is 2.24. The summed E-state index contributed by atoms with van der Waals surface area (Å²) in [6, 6.07) is 0. The zero-order valence-corrected chi connectivity index (χ0v) is 14.1. The standard InChI is InChI=1S/C13H14F9I/c1-2-3-4-5-6-8(23)7-9(14)10(15,16)12(19,20)13(21,22)11(9,17)18/h7H,2-6H2,1H3. The highest BCUT2D eigenvalue weighted by Crippen LogP contribution is 2.69. The van der Waals surface area contributed by atoms with Crippen molar-refractivity contribution in [2.24, 2.45) is 0 Å². The second-order valence-corrected chi connectivity index (χ2v) is 6.80. The van der Waals surface area contributed by atoms with E-state index in [2.05, 4.69) is 0 Å². The third kappa shape index (κ3) is 2.76. The van der Waals surface area contributed by atoms with Gasteiger partial charge in [0.25, 0.3) is 5.67 Å². The van der Waals surface area contributed by atoms with Crippen LogP contribution in [0.15, 0.2) is 9.66 Å². The number of alkyl halides is 9. The van der Waals surface area contributed by atoms with Crippen LogP contribution in [0.25, 0.3) is 0 Å². The summed E-state index contributed by atoms with van der Waals surface area (Å²) < 4.78 is 120. The van der Waals surface area contributed by atoms with E-state index in [1.165, 1.54) is 22.6 Å². The van der Waals surface area contributed by atoms with Crippen LogP contribution >= 0.6 is 22.6 Å². The van der Waals surface area contributed by atoms with Gasteiger partial charge in [-0.05, 0) is 45.1 Å². The maximum Gasteiger partial charge on any atom is 0.382 e. The smallest absolute Gasteiger partial charge is 0.225 e. The van der Waals surface area contributed by atoms with E-state index in [0.29, 0.717) is 12.8 Å². The van der Waals surface area contributed by atoms with Gasteiger partial charge >= 0.3 is 23.7 Å². The summed E-state index contributed by atoms with van der Waals surface area (Å²) in [7, 11) is 0. The highest BCUT2D eigenvalue weighted by Gasteiger charge is 3.00. The van der Waals surface area contributed by atoms with Crippen molar-refractivity contribution in [2.75, 3.05) is 0 Å². The summed E-state index contributed by atoms with van der Waals surface area (Å²) in [5.74, 6) is -25.5. The number of rotatable bonds is 6. The average Bonchev–Trinajstić information content (AvgIpc) is 2.46. The fourth-order valence-corrected chi connectivity index (χ4v) is 3.05. The molecule has 0 aliphatic heterocycles. The van der Waals surface area contributed by atoms with Gasteiger partial charge in [-0.25, -0.2) is 4.39 Å². The third-order valence-corrected chi connectivity index (χ3v) is 4.57. The monoisotopic (exact) mass is 468 g/mol.